The molecule has 0 aliphatic carbocycles. The molecular formula is C18H19BrFNO4. The molecule has 0 heterocycles. The summed E-state index contributed by atoms with van der Waals surface area (Å²) in [6.45, 7) is 0.0483. The molecule has 25 heavy (non-hydrogen) atoms. The second-order valence-electron chi connectivity index (χ2n) is 5.27. The van der Waals surface area contributed by atoms with Gasteiger partial charge in [-0.25, -0.2) is 4.39 Å². The Balaban J connectivity index is 2.01. The molecule has 0 bridgehead atoms. The van der Waals surface area contributed by atoms with Crippen molar-refractivity contribution >= 4 is 21.8 Å². The van der Waals surface area contributed by atoms with E-state index in [9.17, 15) is 9.18 Å². The first-order chi connectivity index (χ1) is 12.0. The Morgan fingerprint density at radius 1 is 1.16 bits per heavy atom. The van der Waals surface area contributed by atoms with Crippen LogP contribution >= 0.6 is 15.9 Å². The van der Waals surface area contributed by atoms with Crippen LogP contribution in [0.3, 0.4) is 0 Å². The van der Waals surface area contributed by atoms with Crippen molar-refractivity contribution in [3.8, 4) is 17.2 Å². The Morgan fingerprint density at radius 2 is 1.92 bits per heavy atom. The number of hydrogen-bond donors (Lipinski definition) is 0. The molecule has 134 valence electrons. The zero-order valence-corrected chi connectivity index (χ0v) is 15.8. The van der Waals surface area contributed by atoms with Crippen LogP contribution in [0, 0.1) is 5.82 Å². The Labute approximate surface area is 154 Å². The SMILES string of the molecule is COc1cccc(CN(C)C(=O)COc2ccc(Br)cc2F)c1OC. The molecule has 5 nitrogen and oxygen atoms in total. The van der Waals surface area contributed by atoms with Crippen LogP contribution in [0.25, 0.3) is 0 Å². The number of rotatable bonds is 7. The molecule has 7 heteroatoms. The van der Waals surface area contributed by atoms with E-state index in [2.05, 4.69) is 15.9 Å². The average molecular weight is 412 g/mol. The molecule has 0 fully saturated rings. The number of para-hydroxylation sites is 1. The zero-order valence-electron chi connectivity index (χ0n) is 14.2. The molecule has 0 aliphatic rings. The lowest BCUT2D eigenvalue weighted by molar-refractivity contribution is -0.132. The van der Waals surface area contributed by atoms with Crippen molar-refractivity contribution in [2.45, 2.75) is 6.54 Å². The van der Waals surface area contributed by atoms with Gasteiger partial charge in [0.25, 0.3) is 5.91 Å². The first-order valence-corrected chi connectivity index (χ1v) is 8.27. The number of likely N-dealkylation sites (N-methyl/N-ethyl adjacent to an activating group) is 1. The van der Waals surface area contributed by atoms with Crippen molar-refractivity contribution < 1.29 is 23.4 Å². The molecule has 2 aromatic rings. The van der Waals surface area contributed by atoms with Crippen molar-refractivity contribution in [3.05, 3.63) is 52.3 Å². The summed E-state index contributed by atoms with van der Waals surface area (Å²) in [5, 5.41) is 0. The molecule has 2 aromatic carbocycles. The highest BCUT2D eigenvalue weighted by Crippen LogP contribution is 2.31. The van der Waals surface area contributed by atoms with Crippen LogP contribution in [0.1, 0.15) is 5.56 Å². The van der Waals surface area contributed by atoms with E-state index in [-0.39, 0.29) is 18.3 Å². The van der Waals surface area contributed by atoms with Gasteiger partial charge in [-0.15, -0.1) is 0 Å². The lowest BCUT2D eigenvalue weighted by atomic mass is 10.1. The van der Waals surface area contributed by atoms with Gasteiger partial charge >= 0.3 is 0 Å². The normalized spacial score (nSPS) is 10.3. The van der Waals surface area contributed by atoms with Crippen molar-refractivity contribution in [1.82, 2.24) is 4.90 Å². The minimum atomic E-state index is -0.528. The third kappa shape index (κ3) is 4.85. The van der Waals surface area contributed by atoms with E-state index in [0.717, 1.165) is 5.56 Å². The minimum Gasteiger partial charge on any atom is -0.493 e. The first kappa shape index (κ1) is 19.1. The number of carbonyl (C=O) groups is 1. The molecular weight excluding hydrogens is 393 g/mol. The van der Waals surface area contributed by atoms with Gasteiger partial charge in [0.15, 0.2) is 29.7 Å². The highest BCUT2D eigenvalue weighted by atomic mass is 79.9. The summed E-state index contributed by atoms with van der Waals surface area (Å²) < 4.78 is 30.2. The maximum atomic E-state index is 13.7. The fraction of sp³-hybridized carbons (Fsp3) is 0.278. The van der Waals surface area contributed by atoms with Crippen molar-refractivity contribution in [2.75, 3.05) is 27.9 Å². The summed E-state index contributed by atoms with van der Waals surface area (Å²) in [5.74, 6) is 0.383. The molecule has 0 aliphatic heterocycles. The number of benzene rings is 2. The predicted molar refractivity (Wildman–Crippen MR) is 95.6 cm³/mol. The fourth-order valence-corrected chi connectivity index (χ4v) is 2.60. The Hall–Kier alpha value is -2.28. The average Bonchev–Trinajstić information content (AvgIpc) is 2.60. The summed E-state index contributed by atoms with van der Waals surface area (Å²) >= 11 is 3.17. The Bertz CT molecular complexity index is 754. The van der Waals surface area contributed by atoms with Crippen LogP contribution in [0.15, 0.2) is 40.9 Å². The van der Waals surface area contributed by atoms with Gasteiger partial charge in [-0.05, 0) is 24.3 Å². The van der Waals surface area contributed by atoms with Crippen LogP contribution in [0.4, 0.5) is 4.39 Å². The number of halogens is 2. The van der Waals surface area contributed by atoms with Crippen molar-refractivity contribution in [3.63, 3.8) is 0 Å². The largest absolute Gasteiger partial charge is 0.493 e. The molecule has 0 saturated heterocycles. The molecule has 0 atom stereocenters. The quantitative estimate of drug-likeness (QED) is 0.697. The summed E-state index contributed by atoms with van der Waals surface area (Å²) in [4.78, 5) is 13.7. The van der Waals surface area contributed by atoms with Crippen LogP contribution in [0.2, 0.25) is 0 Å². The zero-order chi connectivity index (χ0) is 18.4. The molecule has 2 rings (SSSR count). The predicted octanol–water partition coefficient (Wildman–Crippen LogP) is 3.64. The van der Waals surface area contributed by atoms with Crippen LogP contribution in [0.5, 0.6) is 17.2 Å². The van der Waals surface area contributed by atoms with Crippen molar-refractivity contribution in [2.24, 2.45) is 0 Å². The van der Waals surface area contributed by atoms with Crippen LogP contribution in [-0.2, 0) is 11.3 Å². The smallest absolute Gasteiger partial charge is 0.260 e. The second kappa shape index (κ2) is 8.71. The maximum absolute atomic E-state index is 13.7. The van der Waals surface area contributed by atoms with E-state index in [4.69, 9.17) is 14.2 Å². The van der Waals surface area contributed by atoms with E-state index in [0.29, 0.717) is 22.5 Å². The lowest BCUT2D eigenvalue weighted by Gasteiger charge is -2.20. The number of nitrogens with zero attached hydrogens (tertiary/aromatic N) is 1. The minimum absolute atomic E-state index is 0.0314. The van der Waals surface area contributed by atoms with Crippen LogP contribution in [-0.4, -0.2) is 38.7 Å². The van der Waals surface area contributed by atoms with E-state index in [1.807, 2.05) is 12.1 Å². The summed E-state index contributed by atoms with van der Waals surface area (Å²) in [6.07, 6.45) is 0. The number of amides is 1. The Kier molecular flexibility index (Phi) is 6.64. The maximum Gasteiger partial charge on any atom is 0.260 e. The van der Waals surface area contributed by atoms with Gasteiger partial charge in [0.1, 0.15) is 0 Å². The second-order valence-corrected chi connectivity index (χ2v) is 6.18. The van der Waals surface area contributed by atoms with E-state index in [1.54, 1.807) is 33.4 Å². The molecule has 0 saturated carbocycles. The third-order valence-corrected chi connectivity index (χ3v) is 4.06. The van der Waals surface area contributed by atoms with Gasteiger partial charge in [0.05, 0.1) is 14.2 Å². The third-order valence-electron chi connectivity index (χ3n) is 3.56. The van der Waals surface area contributed by atoms with E-state index < -0.39 is 5.82 Å². The summed E-state index contributed by atoms with van der Waals surface area (Å²) in [6, 6.07) is 9.85. The lowest BCUT2D eigenvalue weighted by Crippen LogP contribution is -2.31. The highest BCUT2D eigenvalue weighted by Gasteiger charge is 2.16. The van der Waals surface area contributed by atoms with Gasteiger partial charge in [-0.2, -0.15) is 0 Å². The standard InChI is InChI=1S/C18H19BrFNO4/c1-21(10-12-5-4-6-16(23-2)18(12)24-3)17(22)11-25-15-8-7-13(19)9-14(15)20/h4-9H,10-11H2,1-3H3. The number of hydrogen-bond acceptors (Lipinski definition) is 4. The highest BCUT2D eigenvalue weighted by molar-refractivity contribution is 9.10. The molecule has 0 N–H and O–H groups in total. The molecule has 0 radical (unpaired) electrons. The first-order valence-electron chi connectivity index (χ1n) is 7.48. The number of carbonyl (C=O) groups excluding carboxylic acids is 1. The van der Waals surface area contributed by atoms with Gasteiger partial charge in [-0.3, -0.25) is 4.79 Å². The van der Waals surface area contributed by atoms with Gasteiger partial charge in [0, 0.05) is 23.6 Å². The van der Waals surface area contributed by atoms with E-state index in [1.165, 1.54) is 17.0 Å². The fourth-order valence-electron chi connectivity index (χ4n) is 2.26. The van der Waals surface area contributed by atoms with Gasteiger partial charge in [-0.1, -0.05) is 28.1 Å². The molecule has 1 amide bonds. The number of ether oxygens (including phenoxy) is 3. The molecule has 0 spiro atoms. The van der Waals surface area contributed by atoms with Crippen LogP contribution < -0.4 is 14.2 Å². The monoisotopic (exact) mass is 411 g/mol. The molecule has 0 aromatic heterocycles. The topological polar surface area (TPSA) is 48.0 Å². The summed E-state index contributed by atoms with van der Waals surface area (Å²) in [5.41, 5.74) is 0.799. The molecule has 0 unspecified atom stereocenters. The van der Waals surface area contributed by atoms with Gasteiger partial charge in [0.2, 0.25) is 0 Å². The summed E-state index contributed by atoms with van der Waals surface area (Å²) in [7, 11) is 4.74. The van der Waals surface area contributed by atoms with Gasteiger partial charge < -0.3 is 19.1 Å². The Morgan fingerprint density at radius 3 is 2.56 bits per heavy atom. The van der Waals surface area contributed by atoms with Crippen molar-refractivity contribution in [1.29, 1.82) is 0 Å². The van der Waals surface area contributed by atoms with E-state index >= 15 is 0 Å². The number of methoxy groups -OCH3 is 2.